The maximum absolute atomic E-state index is 10.5. The minimum Gasteiger partial charge on any atom is -0.258 e. The second-order valence-corrected chi connectivity index (χ2v) is 3.61. The summed E-state index contributed by atoms with van der Waals surface area (Å²) in [5.74, 6) is 0. The highest BCUT2D eigenvalue weighted by Crippen LogP contribution is 2.19. The van der Waals surface area contributed by atoms with Gasteiger partial charge in [0.1, 0.15) is 0 Å². The van der Waals surface area contributed by atoms with E-state index in [2.05, 4.69) is 15.9 Å². The highest BCUT2D eigenvalue weighted by atomic mass is 79.9. The summed E-state index contributed by atoms with van der Waals surface area (Å²) in [6.07, 6.45) is 0.902. The molecule has 4 heteroatoms. The van der Waals surface area contributed by atoms with Crippen LogP contribution in [0.5, 0.6) is 0 Å². The molecule has 0 aliphatic carbocycles. The summed E-state index contributed by atoms with van der Waals surface area (Å²) in [5.41, 5.74) is 2.04. The van der Waals surface area contributed by atoms with Crippen LogP contribution in [-0.4, -0.2) is 10.3 Å². The molecule has 13 heavy (non-hydrogen) atoms. The number of hydrogen-bond acceptors (Lipinski definition) is 2. The second-order valence-electron chi connectivity index (χ2n) is 2.82. The minimum absolute atomic E-state index is 0.193. The van der Waals surface area contributed by atoms with Gasteiger partial charge in [-0.3, -0.25) is 10.1 Å². The summed E-state index contributed by atoms with van der Waals surface area (Å²) in [7, 11) is 0. The molecule has 0 bridgehead atoms. The lowest BCUT2D eigenvalue weighted by atomic mass is 10.1. The zero-order chi connectivity index (χ0) is 9.84. The molecule has 0 aliphatic heterocycles. The van der Waals surface area contributed by atoms with E-state index in [4.69, 9.17) is 0 Å². The maximum Gasteiger partial charge on any atom is 0.272 e. The zero-order valence-electron chi connectivity index (χ0n) is 7.29. The monoisotopic (exact) mass is 243 g/mol. The summed E-state index contributed by atoms with van der Waals surface area (Å²) in [5, 5.41) is 11.4. The van der Waals surface area contributed by atoms with Crippen LogP contribution in [0.4, 0.5) is 5.69 Å². The molecule has 0 fully saturated rings. The second kappa shape index (κ2) is 4.37. The highest BCUT2D eigenvalue weighted by Gasteiger charge is 2.09. The van der Waals surface area contributed by atoms with Crippen LogP contribution < -0.4 is 0 Å². The van der Waals surface area contributed by atoms with Gasteiger partial charge in [-0.1, -0.05) is 22.0 Å². The quantitative estimate of drug-likeness (QED) is 0.466. The Morgan fingerprint density at radius 1 is 1.54 bits per heavy atom. The smallest absolute Gasteiger partial charge is 0.258 e. The molecule has 0 atom stereocenters. The predicted molar refractivity (Wildman–Crippen MR) is 55.3 cm³/mol. The Bertz CT molecular complexity index is 325. The number of aryl methyl sites for hydroxylation is 2. The number of rotatable bonds is 3. The third kappa shape index (κ3) is 2.52. The van der Waals surface area contributed by atoms with E-state index in [1.807, 2.05) is 6.07 Å². The summed E-state index contributed by atoms with van der Waals surface area (Å²) < 4.78 is 0. The van der Waals surface area contributed by atoms with E-state index in [1.54, 1.807) is 19.1 Å². The number of benzene rings is 1. The Hall–Kier alpha value is -0.900. The first-order chi connectivity index (χ1) is 6.15. The fraction of sp³-hybridized carbons (Fsp3) is 0.333. The molecule has 3 nitrogen and oxygen atoms in total. The Kier molecular flexibility index (Phi) is 3.42. The SMILES string of the molecule is Cc1cc(CCBr)ccc1[N+](=O)[O-]. The van der Waals surface area contributed by atoms with Crippen LogP contribution in [0.15, 0.2) is 18.2 Å². The van der Waals surface area contributed by atoms with Crippen LogP contribution in [0, 0.1) is 17.0 Å². The Balaban J connectivity index is 2.98. The lowest BCUT2D eigenvalue weighted by molar-refractivity contribution is -0.385. The maximum atomic E-state index is 10.5. The van der Waals surface area contributed by atoms with Gasteiger partial charge in [-0.2, -0.15) is 0 Å². The van der Waals surface area contributed by atoms with E-state index in [9.17, 15) is 10.1 Å². The van der Waals surface area contributed by atoms with Crippen LogP contribution in [0.2, 0.25) is 0 Å². The fourth-order valence-electron chi connectivity index (χ4n) is 1.19. The molecule has 0 amide bonds. The lowest BCUT2D eigenvalue weighted by Crippen LogP contribution is -1.93. The number of hydrogen-bond donors (Lipinski definition) is 0. The molecule has 0 unspecified atom stereocenters. The standard InChI is InChI=1S/C9H10BrNO2/c1-7-6-8(4-5-10)2-3-9(7)11(12)13/h2-3,6H,4-5H2,1H3. The average molecular weight is 244 g/mol. The molecule has 0 saturated heterocycles. The third-order valence-corrected chi connectivity index (χ3v) is 2.24. The molecule has 0 saturated carbocycles. The van der Waals surface area contributed by atoms with Crippen molar-refractivity contribution in [3.05, 3.63) is 39.4 Å². The number of nitro groups is 1. The highest BCUT2D eigenvalue weighted by molar-refractivity contribution is 9.09. The van der Waals surface area contributed by atoms with Gasteiger partial charge in [-0.15, -0.1) is 0 Å². The summed E-state index contributed by atoms with van der Waals surface area (Å²) in [6, 6.07) is 5.22. The van der Waals surface area contributed by atoms with E-state index in [1.165, 1.54) is 0 Å². The Morgan fingerprint density at radius 2 is 2.23 bits per heavy atom. The Morgan fingerprint density at radius 3 is 2.69 bits per heavy atom. The molecule has 0 N–H and O–H groups in total. The Labute approximate surface area is 85.0 Å². The van der Waals surface area contributed by atoms with Crippen molar-refractivity contribution in [2.75, 3.05) is 5.33 Å². The molecule has 0 spiro atoms. The number of nitrogens with zero attached hydrogens (tertiary/aromatic N) is 1. The first-order valence-corrected chi connectivity index (χ1v) is 5.07. The van der Waals surface area contributed by atoms with Crippen LogP contribution >= 0.6 is 15.9 Å². The summed E-state index contributed by atoms with van der Waals surface area (Å²) in [6.45, 7) is 1.76. The summed E-state index contributed by atoms with van der Waals surface area (Å²) >= 11 is 3.32. The van der Waals surface area contributed by atoms with Crippen molar-refractivity contribution in [2.45, 2.75) is 13.3 Å². The van der Waals surface area contributed by atoms with Gasteiger partial charge in [0.15, 0.2) is 0 Å². The predicted octanol–water partition coefficient (Wildman–Crippen LogP) is 2.84. The van der Waals surface area contributed by atoms with Crippen LogP contribution in [-0.2, 0) is 6.42 Å². The minimum atomic E-state index is -0.354. The van der Waals surface area contributed by atoms with Crippen molar-refractivity contribution < 1.29 is 4.92 Å². The fourth-order valence-corrected chi connectivity index (χ4v) is 1.64. The van der Waals surface area contributed by atoms with E-state index >= 15 is 0 Å². The molecule has 70 valence electrons. The van der Waals surface area contributed by atoms with Gasteiger partial charge in [-0.05, 0) is 25.0 Å². The van der Waals surface area contributed by atoms with Crippen molar-refractivity contribution in [3.63, 3.8) is 0 Å². The largest absolute Gasteiger partial charge is 0.272 e. The van der Waals surface area contributed by atoms with Crippen molar-refractivity contribution in [3.8, 4) is 0 Å². The molecule has 0 aromatic heterocycles. The third-order valence-electron chi connectivity index (χ3n) is 1.84. The van der Waals surface area contributed by atoms with Gasteiger partial charge in [-0.25, -0.2) is 0 Å². The number of halogens is 1. The van der Waals surface area contributed by atoms with E-state index in [0.29, 0.717) is 0 Å². The summed E-state index contributed by atoms with van der Waals surface area (Å²) in [4.78, 5) is 10.1. The van der Waals surface area contributed by atoms with E-state index in [0.717, 1.165) is 22.9 Å². The lowest BCUT2D eigenvalue weighted by Gasteiger charge is -2.00. The topological polar surface area (TPSA) is 43.1 Å². The van der Waals surface area contributed by atoms with Gasteiger partial charge >= 0.3 is 0 Å². The first-order valence-electron chi connectivity index (χ1n) is 3.95. The molecule has 0 heterocycles. The molecule has 1 aromatic carbocycles. The molecular formula is C9H10BrNO2. The van der Waals surface area contributed by atoms with Gasteiger partial charge in [0.2, 0.25) is 0 Å². The van der Waals surface area contributed by atoms with E-state index in [-0.39, 0.29) is 10.6 Å². The number of nitro benzene ring substituents is 1. The van der Waals surface area contributed by atoms with E-state index < -0.39 is 0 Å². The van der Waals surface area contributed by atoms with Crippen LogP contribution in [0.1, 0.15) is 11.1 Å². The molecule has 1 rings (SSSR count). The van der Waals surface area contributed by atoms with Crippen molar-refractivity contribution in [2.24, 2.45) is 0 Å². The number of alkyl halides is 1. The van der Waals surface area contributed by atoms with Crippen LogP contribution in [0.3, 0.4) is 0 Å². The van der Waals surface area contributed by atoms with Gasteiger partial charge in [0.05, 0.1) is 4.92 Å². The van der Waals surface area contributed by atoms with Gasteiger partial charge in [0.25, 0.3) is 5.69 Å². The first kappa shape index (κ1) is 10.2. The van der Waals surface area contributed by atoms with Crippen molar-refractivity contribution >= 4 is 21.6 Å². The zero-order valence-corrected chi connectivity index (χ0v) is 8.87. The van der Waals surface area contributed by atoms with Gasteiger partial charge < -0.3 is 0 Å². The van der Waals surface area contributed by atoms with Crippen LogP contribution in [0.25, 0.3) is 0 Å². The van der Waals surface area contributed by atoms with Crippen molar-refractivity contribution in [1.29, 1.82) is 0 Å². The molecular weight excluding hydrogens is 234 g/mol. The molecule has 0 radical (unpaired) electrons. The molecule has 0 aliphatic rings. The normalized spacial score (nSPS) is 10.0. The van der Waals surface area contributed by atoms with Gasteiger partial charge in [0, 0.05) is 17.0 Å². The average Bonchev–Trinajstić information content (AvgIpc) is 2.04. The molecule has 1 aromatic rings. The van der Waals surface area contributed by atoms with Crippen molar-refractivity contribution in [1.82, 2.24) is 0 Å².